The van der Waals surface area contributed by atoms with Crippen LogP contribution in [0.1, 0.15) is 16.1 Å². The van der Waals surface area contributed by atoms with E-state index in [0.29, 0.717) is 22.2 Å². The third-order valence-electron chi connectivity index (χ3n) is 3.79. The van der Waals surface area contributed by atoms with Crippen LogP contribution in [-0.2, 0) is 18.4 Å². The summed E-state index contributed by atoms with van der Waals surface area (Å²) in [5, 5.41) is 14.4. The molecular weight excluding hydrogens is 368 g/mol. The summed E-state index contributed by atoms with van der Waals surface area (Å²) < 4.78 is 6.71. The van der Waals surface area contributed by atoms with E-state index in [0.717, 1.165) is 0 Å². The highest BCUT2D eigenvalue weighted by Gasteiger charge is 2.19. The number of anilines is 1. The van der Waals surface area contributed by atoms with Gasteiger partial charge >= 0.3 is 0 Å². The maximum Gasteiger partial charge on any atom is 0.253 e. The highest BCUT2D eigenvalue weighted by molar-refractivity contribution is 7.99. The minimum absolute atomic E-state index is 0.146. The number of nitrogens with zero attached hydrogens (tertiary/aromatic N) is 5. The molecule has 0 bridgehead atoms. The van der Waals surface area contributed by atoms with Crippen molar-refractivity contribution in [1.29, 1.82) is 0 Å². The molecule has 1 N–H and O–H groups in total. The van der Waals surface area contributed by atoms with Crippen molar-refractivity contribution >= 4 is 29.3 Å². The van der Waals surface area contributed by atoms with Crippen molar-refractivity contribution in [2.45, 2.75) is 11.7 Å². The van der Waals surface area contributed by atoms with Gasteiger partial charge in [0, 0.05) is 14.1 Å². The normalized spacial score (nSPS) is 10.6. The van der Waals surface area contributed by atoms with Gasteiger partial charge in [-0.2, -0.15) is 0 Å². The van der Waals surface area contributed by atoms with Crippen molar-refractivity contribution < 1.29 is 14.0 Å². The van der Waals surface area contributed by atoms with Crippen LogP contribution in [0.3, 0.4) is 0 Å². The van der Waals surface area contributed by atoms with Gasteiger partial charge in [0.2, 0.25) is 11.1 Å². The molecule has 0 aliphatic carbocycles. The van der Waals surface area contributed by atoms with E-state index in [9.17, 15) is 9.59 Å². The summed E-state index contributed by atoms with van der Waals surface area (Å²) in [4.78, 5) is 26.6. The predicted octanol–water partition coefficient (Wildman–Crippen LogP) is 1.49. The van der Waals surface area contributed by atoms with E-state index in [1.807, 2.05) is 0 Å². The standard InChI is InChI=1S/C17H18N6O3S/c1-22(15(24)11-27-17-19-20-21-23(17)2)14-8-4-3-7-13(14)16(25)18-10-12-6-5-9-26-12/h3-9H,10-11H2,1-2H3,(H,18,25). The fourth-order valence-corrected chi connectivity index (χ4v) is 3.10. The Kier molecular flexibility index (Phi) is 5.87. The van der Waals surface area contributed by atoms with Gasteiger partial charge in [0.05, 0.1) is 29.8 Å². The predicted molar refractivity (Wildman–Crippen MR) is 99.3 cm³/mol. The molecule has 0 aliphatic heterocycles. The van der Waals surface area contributed by atoms with Crippen LogP contribution >= 0.6 is 11.8 Å². The molecule has 2 aromatic heterocycles. The molecule has 0 unspecified atom stereocenters. The Morgan fingerprint density at radius 3 is 2.78 bits per heavy atom. The number of aromatic nitrogens is 4. The van der Waals surface area contributed by atoms with Gasteiger partial charge in [0.15, 0.2) is 0 Å². The molecule has 3 aromatic rings. The molecule has 2 heterocycles. The molecule has 0 saturated heterocycles. The minimum Gasteiger partial charge on any atom is -0.467 e. The van der Waals surface area contributed by atoms with Crippen molar-refractivity contribution in [3.05, 3.63) is 54.0 Å². The van der Waals surface area contributed by atoms with Gasteiger partial charge in [0.1, 0.15) is 5.76 Å². The van der Waals surface area contributed by atoms with Crippen LogP contribution in [0.4, 0.5) is 5.69 Å². The van der Waals surface area contributed by atoms with E-state index in [4.69, 9.17) is 4.42 Å². The number of amides is 2. The molecule has 0 spiro atoms. The lowest BCUT2D eigenvalue weighted by Gasteiger charge is -2.20. The van der Waals surface area contributed by atoms with E-state index in [1.165, 1.54) is 21.3 Å². The Hall–Kier alpha value is -3.14. The topological polar surface area (TPSA) is 106 Å². The Balaban J connectivity index is 1.67. The first-order valence-electron chi connectivity index (χ1n) is 8.07. The summed E-state index contributed by atoms with van der Waals surface area (Å²) in [5.41, 5.74) is 0.932. The lowest BCUT2D eigenvalue weighted by molar-refractivity contribution is -0.115. The minimum atomic E-state index is -0.285. The second-order valence-electron chi connectivity index (χ2n) is 5.61. The molecular formula is C17H18N6O3S. The Morgan fingerprint density at radius 1 is 1.26 bits per heavy atom. The maximum atomic E-state index is 12.6. The number of tetrazole rings is 1. The van der Waals surface area contributed by atoms with Crippen LogP contribution in [0, 0.1) is 0 Å². The number of carbonyl (C=O) groups excluding carboxylic acids is 2. The number of thioether (sulfide) groups is 1. The van der Waals surface area contributed by atoms with E-state index < -0.39 is 0 Å². The zero-order chi connectivity index (χ0) is 19.2. The molecule has 27 heavy (non-hydrogen) atoms. The van der Waals surface area contributed by atoms with E-state index in [1.54, 1.807) is 56.8 Å². The van der Waals surface area contributed by atoms with E-state index in [-0.39, 0.29) is 24.1 Å². The fraction of sp³-hybridized carbons (Fsp3) is 0.235. The second kappa shape index (κ2) is 8.49. The third-order valence-corrected chi connectivity index (χ3v) is 4.79. The maximum absolute atomic E-state index is 12.6. The van der Waals surface area contributed by atoms with Crippen LogP contribution in [0.5, 0.6) is 0 Å². The highest BCUT2D eigenvalue weighted by atomic mass is 32.2. The van der Waals surface area contributed by atoms with Gasteiger partial charge in [-0.05, 0) is 34.7 Å². The molecule has 10 heteroatoms. The molecule has 2 amide bonds. The highest BCUT2D eigenvalue weighted by Crippen LogP contribution is 2.21. The monoisotopic (exact) mass is 386 g/mol. The van der Waals surface area contributed by atoms with Crippen LogP contribution in [0.25, 0.3) is 0 Å². The SMILES string of the molecule is CN(C(=O)CSc1nnnn1C)c1ccccc1C(=O)NCc1ccco1. The number of rotatable bonds is 7. The van der Waals surface area contributed by atoms with Crippen molar-refractivity contribution in [3.8, 4) is 0 Å². The first kappa shape index (κ1) is 18.6. The molecule has 0 radical (unpaired) electrons. The number of hydrogen-bond donors (Lipinski definition) is 1. The molecule has 1 aromatic carbocycles. The lowest BCUT2D eigenvalue weighted by atomic mass is 10.1. The molecule has 0 atom stereocenters. The Bertz CT molecular complexity index is 924. The third kappa shape index (κ3) is 4.53. The Morgan fingerprint density at radius 2 is 2.07 bits per heavy atom. The number of aryl methyl sites for hydroxylation is 1. The number of benzene rings is 1. The largest absolute Gasteiger partial charge is 0.467 e. The fourth-order valence-electron chi connectivity index (χ4n) is 2.33. The molecule has 0 aliphatic rings. The Labute approximate surface area is 159 Å². The van der Waals surface area contributed by atoms with Crippen molar-refractivity contribution in [2.75, 3.05) is 17.7 Å². The zero-order valence-corrected chi connectivity index (χ0v) is 15.6. The van der Waals surface area contributed by atoms with Gasteiger partial charge in [-0.1, -0.05) is 23.9 Å². The summed E-state index contributed by atoms with van der Waals surface area (Å²) in [6.07, 6.45) is 1.55. The molecule has 0 fully saturated rings. The van der Waals surface area contributed by atoms with Crippen molar-refractivity contribution in [1.82, 2.24) is 25.5 Å². The average molecular weight is 386 g/mol. The first-order chi connectivity index (χ1) is 13.1. The summed E-state index contributed by atoms with van der Waals surface area (Å²) in [7, 11) is 3.34. The zero-order valence-electron chi connectivity index (χ0n) is 14.8. The number of para-hydroxylation sites is 1. The smallest absolute Gasteiger partial charge is 0.253 e. The van der Waals surface area contributed by atoms with Gasteiger partial charge < -0.3 is 14.6 Å². The van der Waals surface area contributed by atoms with Crippen molar-refractivity contribution in [3.63, 3.8) is 0 Å². The molecule has 140 valence electrons. The van der Waals surface area contributed by atoms with Gasteiger partial charge in [-0.15, -0.1) is 5.10 Å². The summed E-state index contributed by atoms with van der Waals surface area (Å²) in [6, 6.07) is 10.5. The number of hydrogen-bond acceptors (Lipinski definition) is 7. The molecule has 9 nitrogen and oxygen atoms in total. The summed E-state index contributed by atoms with van der Waals surface area (Å²) >= 11 is 1.23. The summed E-state index contributed by atoms with van der Waals surface area (Å²) in [5.74, 6) is 0.340. The van der Waals surface area contributed by atoms with Crippen LogP contribution in [-0.4, -0.2) is 44.8 Å². The molecule has 3 rings (SSSR count). The lowest BCUT2D eigenvalue weighted by Crippen LogP contribution is -2.31. The van der Waals surface area contributed by atoms with Crippen LogP contribution in [0.15, 0.2) is 52.2 Å². The van der Waals surface area contributed by atoms with Gasteiger partial charge in [0.25, 0.3) is 5.91 Å². The van der Waals surface area contributed by atoms with E-state index in [2.05, 4.69) is 20.8 Å². The van der Waals surface area contributed by atoms with Crippen molar-refractivity contribution in [2.24, 2.45) is 7.05 Å². The molecule has 0 saturated carbocycles. The van der Waals surface area contributed by atoms with Crippen LogP contribution in [0.2, 0.25) is 0 Å². The van der Waals surface area contributed by atoms with Gasteiger partial charge in [-0.25, -0.2) is 4.68 Å². The quantitative estimate of drug-likeness (QED) is 0.613. The number of carbonyl (C=O) groups is 2. The van der Waals surface area contributed by atoms with Crippen LogP contribution < -0.4 is 10.2 Å². The number of nitrogens with one attached hydrogen (secondary N) is 1. The van der Waals surface area contributed by atoms with Gasteiger partial charge in [-0.3, -0.25) is 9.59 Å². The van der Waals surface area contributed by atoms with E-state index >= 15 is 0 Å². The second-order valence-corrected chi connectivity index (χ2v) is 6.55. The average Bonchev–Trinajstić information content (AvgIpc) is 3.35. The first-order valence-corrected chi connectivity index (χ1v) is 9.06. The summed E-state index contributed by atoms with van der Waals surface area (Å²) in [6.45, 7) is 0.271. The number of furan rings is 1.